The summed E-state index contributed by atoms with van der Waals surface area (Å²) in [5.41, 5.74) is 0. The number of esters is 1. The zero-order valence-electron chi connectivity index (χ0n) is 13.2. The fourth-order valence-electron chi connectivity index (χ4n) is 2.14. The Bertz CT molecular complexity index is 219. The van der Waals surface area contributed by atoms with Gasteiger partial charge in [-0.25, -0.2) is 4.79 Å². The fourth-order valence-corrected chi connectivity index (χ4v) is 2.14. The van der Waals surface area contributed by atoms with Crippen molar-refractivity contribution in [1.29, 1.82) is 0 Å². The van der Waals surface area contributed by atoms with Gasteiger partial charge in [0.15, 0.2) is 6.10 Å². The van der Waals surface area contributed by atoms with E-state index in [1.165, 1.54) is 58.5 Å². The number of methoxy groups -OCH3 is 1. The monoisotopic (exact) mass is 288 g/mol. The standard InChI is InChI=1S/C16H32O4/c1-3-4-5-6-7-8-9-10-11-12-13-20-15(14-17)16(18)19-2/h15,17H,3-14H2,1-2H3/t15-/m1/s1. The van der Waals surface area contributed by atoms with E-state index in [0.29, 0.717) is 6.61 Å². The van der Waals surface area contributed by atoms with Gasteiger partial charge < -0.3 is 14.6 Å². The summed E-state index contributed by atoms with van der Waals surface area (Å²) in [4.78, 5) is 11.1. The van der Waals surface area contributed by atoms with Crippen LogP contribution in [0.25, 0.3) is 0 Å². The highest BCUT2D eigenvalue weighted by Gasteiger charge is 2.17. The van der Waals surface area contributed by atoms with Gasteiger partial charge in [0.05, 0.1) is 13.7 Å². The van der Waals surface area contributed by atoms with Crippen molar-refractivity contribution >= 4 is 5.97 Å². The molecule has 4 heteroatoms. The smallest absolute Gasteiger partial charge is 0.337 e. The van der Waals surface area contributed by atoms with E-state index in [0.717, 1.165) is 12.8 Å². The van der Waals surface area contributed by atoms with Crippen molar-refractivity contribution in [3.63, 3.8) is 0 Å². The molecule has 0 aromatic rings. The van der Waals surface area contributed by atoms with Gasteiger partial charge in [-0.05, 0) is 6.42 Å². The zero-order chi connectivity index (χ0) is 15.1. The maximum absolute atomic E-state index is 11.1. The number of carbonyl (C=O) groups is 1. The molecule has 0 fully saturated rings. The highest BCUT2D eigenvalue weighted by Crippen LogP contribution is 2.10. The van der Waals surface area contributed by atoms with E-state index in [2.05, 4.69) is 11.7 Å². The average molecular weight is 288 g/mol. The first-order valence-corrected chi connectivity index (χ1v) is 8.06. The molecule has 0 aliphatic rings. The minimum absolute atomic E-state index is 0.315. The van der Waals surface area contributed by atoms with Crippen LogP contribution in [0.2, 0.25) is 0 Å². The average Bonchev–Trinajstić information content (AvgIpc) is 2.48. The Hall–Kier alpha value is -0.610. The molecule has 0 unspecified atom stereocenters. The highest BCUT2D eigenvalue weighted by atomic mass is 16.6. The maximum Gasteiger partial charge on any atom is 0.337 e. The van der Waals surface area contributed by atoms with Crippen LogP contribution in [-0.2, 0) is 14.3 Å². The van der Waals surface area contributed by atoms with Crippen LogP contribution in [0.4, 0.5) is 0 Å². The highest BCUT2D eigenvalue weighted by molar-refractivity contribution is 5.74. The van der Waals surface area contributed by atoms with Crippen molar-refractivity contribution in [1.82, 2.24) is 0 Å². The molecule has 0 saturated heterocycles. The summed E-state index contributed by atoms with van der Waals surface area (Å²) in [7, 11) is 1.30. The van der Waals surface area contributed by atoms with Crippen LogP contribution in [0.3, 0.4) is 0 Å². The first-order chi connectivity index (χ1) is 9.76. The predicted octanol–water partition coefficient (Wildman–Crippen LogP) is 3.46. The lowest BCUT2D eigenvalue weighted by atomic mass is 10.1. The molecule has 0 rings (SSSR count). The van der Waals surface area contributed by atoms with Gasteiger partial charge in [-0.15, -0.1) is 0 Å². The number of unbranched alkanes of at least 4 members (excludes halogenated alkanes) is 9. The summed E-state index contributed by atoms with van der Waals surface area (Å²) in [6.45, 7) is 2.44. The molecule has 120 valence electrons. The molecular formula is C16H32O4. The topological polar surface area (TPSA) is 55.8 Å². The van der Waals surface area contributed by atoms with E-state index in [1.807, 2.05) is 0 Å². The summed E-state index contributed by atoms with van der Waals surface area (Å²) in [6.07, 6.45) is 11.8. The Kier molecular flexibility index (Phi) is 14.3. The first kappa shape index (κ1) is 19.4. The van der Waals surface area contributed by atoms with Crippen molar-refractivity contribution in [2.45, 2.75) is 77.2 Å². The molecule has 0 aromatic carbocycles. The number of hydrogen-bond donors (Lipinski definition) is 1. The summed E-state index contributed by atoms with van der Waals surface area (Å²) >= 11 is 0. The van der Waals surface area contributed by atoms with E-state index in [9.17, 15) is 4.79 Å². The molecule has 0 aromatic heterocycles. The molecule has 1 N–H and O–H groups in total. The van der Waals surface area contributed by atoms with E-state index in [1.54, 1.807) is 0 Å². The summed E-state index contributed by atoms with van der Waals surface area (Å²) in [5.74, 6) is -0.500. The quantitative estimate of drug-likeness (QED) is 0.393. The number of aliphatic hydroxyl groups is 1. The third kappa shape index (κ3) is 11.2. The molecule has 20 heavy (non-hydrogen) atoms. The van der Waals surface area contributed by atoms with Gasteiger partial charge in [0.25, 0.3) is 0 Å². The summed E-state index contributed by atoms with van der Waals surface area (Å²) in [5, 5.41) is 8.96. The SMILES string of the molecule is CCCCCCCCCCCCO[C@H](CO)C(=O)OC. The Morgan fingerprint density at radius 3 is 1.90 bits per heavy atom. The zero-order valence-corrected chi connectivity index (χ0v) is 13.2. The van der Waals surface area contributed by atoms with Gasteiger partial charge in [-0.2, -0.15) is 0 Å². The van der Waals surface area contributed by atoms with Crippen molar-refractivity contribution in [3.8, 4) is 0 Å². The normalized spacial score (nSPS) is 12.3. The second kappa shape index (κ2) is 14.8. The van der Waals surface area contributed by atoms with Gasteiger partial charge in [0, 0.05) is 6.61 Å². The third-order valence-corrected chi connectivity index (χ3v) is 3.45. The van der Waals surface area contributed by atoms with Crippen molar-refractivity contribution < 1.29 is 19.4 Å². The Labute approximate surface area is 123 Å². The Morgan fingerprint density at radius 1 is 0.950 bits per heavy atom. The molecule has 0 aliphatic heterocycles. The van der Waals surface area contributed by atoms with Crippen LogP contribution in [0.15, 0.2) is 0 Å². The van der Waals surface area contributed by atoms with Gasteiger partial charge in [0.2, 0.25) is 0 Å². The van der Waals surface area contributed by atoms with Crippen molar-refractivity contribution in [2.24, 2.45) is 0 Å². The van der Waals surface area contributed by atoms with E-state index < -0.39 is 12.1 Å². The number of carbonyl (C=O) groups excluding carboxylic acids is 1. The van der Waals surface area contributed by atoms with Crippen molar-refractivity contribution in [3.05, 3.63) is 0 Å². The minimum Gasteiger partial charge on any atom is -0.467 e. The van der Waals surface area contributed by atoms with Crippen LogP contribution >= 0.6 is 0 Å². The van der Waals surface area contributed by atoms with Gasteiger partial charge in [-0.1, -0.05) is 64.7 Å². The summed E-state index contributed by atoms with van der Waals surface area (Å²) in [6, 6.07) is 0. The molecule has 0 bridgehead atoms. The van der Waals surface area contributed by atoms with Gasteiger partial charge in [0.1, 0.15) is 0 Å². The lowest BCUT2D eigenvalue weighted by molar-refractivity contribution is -0.156. The largest absolute Gasteiger partial charge is 0.467 e. The number of rotatable bonds is 14. The molecule has 0 aliphatic carbocycles. The molecule has 0 heterocycles. The summed E-state index contributed by atoms with van der Waals surface area (Å²) < 4.78 is 9.82. The number of ether oxygens (including phenoxy) is 2. The molecule has 1 atom stereocenters. The van der Waals surface area contributed by atoms with Crippen LogP contribution in [0.1, 0.15) is 71.1 Å². The van der Waals surface area contributed by atoms with E-state index in [4.69, 9.17) is 9.84 Å². The Balaban J connectivity index is 3.25. The first-order valence-electron chi connectivity index (χ1n) is 8.06. The van der Waals surface area contributed by atoms with Gasteiger partial charge in [-0.3, -0.25) is 0 Å². The predicted molar refractivity (Wildman–Crippen MR) is 80.7 cm³/mol. The van der Waals surface area contributed by atoms with Crippen LogP contribution in [0, 0.1) is 0 Å². The van der Waals surface area contributed by atoms with Crippen LogP contribution in [-0.4, -0.2) is 37.5 Å². The van der Waals surface area contributed by atoms with Gasteiger partial charge >= 0.3 is 5.97 Å². The lowest BCUT2D eigenvalue weighted by Crippen LogP contribution is -2.29. The molecular weight excluding hydrogens is 256 g/mol. The fraction of sp³-hybridized carbons (Fsp3) is 0.938. The lowest BCUT2D eigenvalue weighted by Gasteiger charge is -2.12. The molecule has 0 radical (unpaired) electrons. The minimum atomic E-state index is -0.821. The molecule has 0 spiro atoms. The maximum atomic E-state index is 11.1. The second-order valence-electron chi connectivity index (χ2n) is 5.25. The number of aliphatic hydroxyl groups excluding tert-OH is 1. The second-order valence-corrected chi connectivity index (χ2v) is 5.25. The molecule has 0 saturated carbocycles. The van der Waals surface area contributed by atoms with E-state index in [-0.39, 0.29) is 6.61 Å². The van der Waals surface area contributed by atoms with Crippen LogP contribution < -0.4 is 0 Å². The molecule has 0 amide bonds. The molecule has 4 nitrogen and oxygen atoms in total. The Morgan fingerprint density at radius 2 is 1.45 bits per heavy atom. The van der Waals surface area contributed by atoms with Crippen molar-refractivity contribution in [2.75, 3.05) is 20.3 Å². The van der Waals surface area contributed by atoms with E-state index >= 15 is 0 Å². The third-order valence-electron chi connectivity index (χ3n) is 3.45. The number of hydrogen-bond acceptors (Lipinski definition) is 4. The van der Waals surface area contributed by atoms with Crippen LogP contribution in [0.5, 0.6) is 0 Å².